The predicted molar refractivity (Wildman–Crippen MR) is 93.0 cm³/mol. The number of carbonyl (C=O) groups is 1. The van der Waals surface area contributed by atoms with Gasteiger partial charge in [0.25, 0.3) is 0 Å². The van der Waals surface area contributed by atoms with E-state index < -0.39 is 0 Å². The molecular formula is C17H20N4O2S. The van der Waals surface area contributed by atoms with Gasteiger partial charge >= 0.3 is 0 Å². The lowest BCUT2D eigenvalue weighted by molar-refractivity contribution is -0.115. The molecule has 0 saturated heterocycles. The summed E-state index contributed by atoms with van der Waals surface area (Å²) in [5, 5.41) is 16.2. The maximum Gasteiger partial charge on any atom is 0.239 e. The molecule has 1 amide bonds. The quantitative estimate of drug-likeness (QED) is 0.832. The number of thioether (sulfide) groups is 1. The van der Waals surface area contributed by atoms with E-state index in [0.717, 1.165) is 16.8 Å². The average molecular weight is 344 g/mol. The van der Waals surface area contributed by atoms with Crippen molar-refractivity contribution in [3.8, 4) is 6.07 Å². The van der Waals surface area contributed by atoms with E-state index in [1.165, 1.54) is 11.8 Å². The van der Waals surface area contributed by atoms with E-state index in [-0.39, 0.29) is 11.2 Å². The van der Waals surface area contributed by atoms with E-state index in [0.29, 0.717) is 28.6 Å². The third-order valence-corrected chi connectivity index (χ3v) is 5.22. The Morgan fingerprint density at radius 3 is 2.62 bits per heavy atom. The standard InChI is InChI=1S/C17H20N4O2S/c1-6-14(16(22)20-15-7-9(2)23-21-15)24-17-13(8-18)11(4)10(3)12(5)19-17/h7,14H,6H2,1-5H3,(H,20,21,22)/t14-/m1/s1. The van der Waals surface area contributed by atoms with E-state index in [1.807, 2.05) is 27.7 Å². The third-order valence-electron chi connectivity index (χ3n) is 3.87. The van der Waals surface area contributed by atoms with Gasteiger partial charge in [0.1, 0.15) is 16.9 Å². The molecule has 24 heavy (non-hydrogen) atoms. The molecule has 0 bridgehead atoms. The highest BCUT2D eigenvalue weighted by atomic mass is 32.2. The Hall–Kier alpha value is -2.33. The molecular weight excluding hydrogens is 324 g/mol. The van der Waals surface area contributed by atoms with Crippen LogP contribution in [0.5, 0.6) is 0 Å². The first-order chi connectivity index (χ1) is 11.4. The van der Waals surface area contributed by atoms with Gasteiger partial charge in [-0.1, -0.05) is 23.8 Å². The number of nitriles is 1. The van der Waals surface area contributed by atoms with Crippen molar-refractivity contribution in [2.75, 3.05) is 5.32 Å². The molecule has 1 atom stereocenters. The van der Waals surface area contributed by atoms with E-state index in [2.05, 4.69) is 21.5 Å². The lowest BCUT2D eigenvalue weighted by Gasteiger charge is -2.16. The van der Waals surface area contributed by atoms with E-state index in [1.54, 1.807) is 13.0 Å². The summed E-state index contributed by atoms with van der Waals surface area (Å²) < 4.78 is 4.95. The minimum absolute atomic E-state index is 0.183. The van der Waals surface area contributed by atoms with Gasteiger partial charge in [0.2, 0.25) is 5.91 Å². The molecule has 2 aromatic rings. The summed E-state index contributed by atoms with van der Waals surface area (Å²) in [5.74, 6) is 0.836. The Morgan fingerprint density at radius 2 is 2.08 bits per heavy atom. The molecule has 0 spiro atoms. The average Bonchev–Trinajstić information content (AvgIpc) is 2.95. The second kappa shape index (κ2) is 7.49. The van der Waals surface area contributed by atoms with Gasteiger partial charge in [-0.3, -0.25) is 4.79 Å². The molecule has 0 aliphatic rings. The molecule has 0 aromatic carbocycles. The minimum Gasteiger partial charge on any atom is -0.360 e. The lowest BCUT2D eigenvalue weighted by Crippen LogP contribution is -2.25. The summed E-state index contributed by atoms with van der Waals surface area (Å²) in [5.41, 5.74) is 3.32. The first-order valence-electron chi connectivity index (χ1n) is 7.66. The molecule has 0 saturated carbocycles. The normalized spacial score (nSPS) is 11.8. The van der Waals surface area contributed by atoms with Gasteiger partial charge in [-0.2, -0.15) is 5.26 Å². The molecule has 0 aliphatic carbocycles. The molecule has 126 valence electrons. The topological polar surface area (TPSA) is 91.8 Å². The maximum absolute atomic E-state index is 12.5. The monoisotopic (exact) mass is 344 g/mol. The highest BCUT2D eigenvalue weighted by molar-refractivity contribution is 8.00. The van der Waals surface area contributed by atoms with Gasteiger partial charge in [0.15, 0.2) is 5.82 Å². The van der Waals surface area contributed by atoms with Crippen molar-refractivity contribution in [3.63, 3.8) is 0 Å². The third kappa shape index (κ3) is 3.77. The molecule has 2 heterocycles. The number of pyridine rings is 1. The predicted octanol–water partition coefficient (Wildman–Crippen LogP) is 3.68. The van der Waals surface area contributed by atoms with Crippen LogP contribution in [0.4, 0.5) is 5.82 Å². The fourth-order valence-electron chi connectivity index (χ4n) is 2.22. The summed E-state index contributed by atoms with van der Waals surface area (Å²) in [6.07, 6.45) is 0.603. The summed E-state index contributed by atoms with van der Waals surface area (Å²) >= 11 is 1.31. The van der Waals surface area contributed by atoms with Gasteiger partial charge < -0.3 is 9.84 Å². The summed E-state index contributed by atoms with van der Waals surface area (Å²) in [6, 6.07) is 3.87. The van der Waals surface area contributed by atoms with Crippen molar-refractivity contribution in [1.29, 1.82) is 5.26 Å². The van der Waals surface area contributed by atoms with Crippen LogP contribution in [0, 0.1) is 39.0 Å². The molecule has 7 heteroatoms. The van der Waals surface area contributed by atoms with Crippen molar-refractivity contribution >= 4 is 23.5 Å². The Balaban J connectivity index is 2.24. The zero-order valence-corrected chi connectivity index (χ0v) is 15.2. The van der Waals surface area contributed by atoms with Crippen molar-refractivity contribution in [3.05, 3.63) is 34.2 Å². The Bertz CT molecular complexity index is 808. The first-order valence-corrected chi connectivity index (χ1v) is 8.54. The summed E-state index contributed by atoms with van der Waals surface area (Å²) in [4.78, 5) is 17.0. The first kappa shape index (κ1) is 18.0. The van der Waals surface area contributed by atoms with Crippen LogP contribution in [0.2, 0.25) is 0 Å². The smallest absolute Gasteiger partial charge is 0.239 e. The highest BCUT2D eigenvalue weighted by Gasteiger charge is 2.23. The molecule has 2 rings (SSSR count). The molecule has 0 radical (unpaired) electrons. The fraction of sp³-hybridized carbons (Fsp3) is 0.412. The molecule has 0 fully saturated rings. The van der Waals surface area contributed by atoms with Crippen molar-refractivity contribution < 1.29 is 9.32 Å². The number of nitrogens with zero attached hydrogens (tertiary/aromatic N) is 3. The number of hydrogen-bond donors (Lipinski definition) is 1. The second-order valence-electron chi connectivity index (χ2n) is 5.57. The molecule has 2 aromatic heterocycles. The summed E-state index contributed by atoms with van der Waals surface area (Å²) in [6.45, 7) is 9.45. The Labute approximate surface area is 145 Å². The number of amides is 1. The maximum atomic E-state index is 12.5. The van der Waals surface area contributed by atoms with Gasteiger partial charge in [-0.25, -0.2) is 4.98 Å². The number of hydrogen-bond acceptors (Lipinski definition) is 6. The van der Waals surface area contributed by atoms with Gasteiger partial charge in [0.05, 0.1) is 10.8 Å². The second-order valence-corrected chi connectivity index (χ2v) is 6.76. The zero-order chi connectivity index (χ0) is 17.9. The van der Waals surface area contributed by atoms with Crippen molar-refractivity contribution in [1.82, 2.24) is 10.1 Å². The van der Waals surface area contributed by atoms with Crippen LogP contribution in [0.1, 0.15) is 41.5 Å². The van der Waals surface area contributed by atoms with Gasteiger partial charge in [-0.15, -0.1) is 0 Å². The molecule has 6 nitrogen and oxygen atoms in total. The van der Waals surface area contributed by atoms with Crippen LogP contribution in [-0.2, 0) is 4.79 Å². The van der Waals surface area contributed by atoms with Gasteiger partial charge in [-0.05, 0) is 45.2 Å². The van der Waals surface area contributed by atoms with E-state index >= 15 is 0 Å². The zero-order valence-electron chi connectivity index (χ0n) is 14.4. The van der Waals surface area contributed by atoms with Crippen LogP contribution >= 0.6 is 11.8 Å². The minimum atomic E-state index is -0.372. The number of anilines is 1. The van der Waals surface area contributed by atoms with Crippen LogP contribution in [0.3, 0.4) is 0 Å². The number of aryl methyl sites for hydroxylation is 2. The number of aromatic nitrogens is 2. The van der Waals surface area contributed by atoms with Crippen LogP contribution in [-0.4, -0.2) is 21.3 Å². The van der Waals surface area contributed by atoms with Crippen molar-refractivity contribution in [2.24, 2.45) is 0 Å². The SMILES string of the molecule is CC[C@@H](Sc1nc(C)c(C)c(C)c1C#N)C(=O)Nc1cc(C)on1. The van der Waals surface area contributed by atoms with Crippen LogP contribution < -0.4 is 5.32 Å². The summed E-state index contributed by atoms with van der Waals surface area (Å²) in [7, 11) is 0. The van der Waals surface area contributed by atoms with Crippen LogP contribution in [0.25, 0.3) is 0 Å². The van der Waals surface area contributed by atoms with E-state index in [9.17, 15) is 10.1 Å². The molecule has 0 unspecified atom stereocenters. The highest BCUT2D eigenvalue weighted by Crippen LogP contribution is 2.31. The Kier molecular flexibility index (Phi) is 5.62. The molecule has 0 aliphatic heterocycles. The largest absolute Gasteiger partial charge is 0.360 e. The molecule has 1 N–H and O–H groups in total. The number of nitrogens with one attached hydrogen (secondary N) is 1. The van der Waals surface area contributed by atoms with E-state index in [4.69, 9.17) is 4.52 Å². The number of carbonyl (C=O) groups excluding carboxylic acids is 1. The fourth-order valence-corrected chi connectivity index (χ4v) is 3.33. The van der Waals surface area contributed by atoms with Gasteiger partial charge in [0, 0.05) is 11.8 Å². The van der Waals surface area contributed by atoms with Crippen molar-refractivity contribution in [2.45, 2.75) is 51.3 Å². The number of rotatable bonds is 5. The lowest BCUT2D eigenvalue weighted by atomic mass is 10.1. The Morgan fingerprint density at radius 1 is 1.38 bits per heavy atom. The van der Waals surface area contributed by atoms with Crippen LogP contribution in [0.15, 0.2) is 15.6 Å².